The van der Waals surface area contributed by atoms with Crippen LogP contribution in [0.4, 0.5) is 5.82 Å². The van der Waals surface area contributed by atoms with E-state index in [9.17, 15) is 9.90 Å². The SMILES string of the molecule is CCNc1ccc(C(=O)N(C)C2CCCCC2O)cn1. The number of nitrogens with zero attached hydrogens (tertiary/aromatic N) is 2. The van der Waals surface area contributed by atoms with Gasteiger partial charge in [0.05, 0.1) is 17.7 Å². The first-order valence-corrected chi connectivity index (χ1v) is 7.28. The summed E-state index contributed by atoms with van der Waals surface area (Å²) in [7, 11) is 1.76. The van der Waals surface area contributed by atoms with Crippen LogP contribution in [-0.2, 0) is 0 Å². The standard InChI is InChI=1S/C15H23N3O2/c1-3-16-14-9-8-11(10-17-14)15(20)18(2)12-6-4-5-7-13(12)19/h8-10,12-13,19H,3-7H2,1-2H3,(H,16,17). The van der Waals surface area contributed by atoms with Crippen molar-refractivity contribution in [3.63, 3.8) is 0 Å². The molecule has 5 nitrogen and oxygen atoms in total. The summed E-state index contributed by atoms with van der Waals surface area (Å²) < 4.78 is 0. The van der Waals surface area contributed by atoms with Crippen molar-refractivity contribution in [3.8, 4) is 0 Å². The average Bonchev–Trinajstić information content (AvgIpc) is 2.47. The van der Waals surface area contributed by atoms with Crippen molar-refractivity contribution in [1.29, 1.82) is 0 Å². The van der Waals surface area contributed by atoms with Crippen LogP contribution in [0.3, 0.4) is 0 Å². The molecule has 0 aromatic carbocycles. The van der Waals surface area contributed by atoms with Crippen molar-refractivity contribution in [3.05, 3.63) is 23.9 Å². The van der Waals surface area contributed by atoms with E-state index in [1.165, 1.54) is 0 Å². The predicted octanol–water partition coefficient (Wildman–Crippen LogP) is 1.89. The number of anilines is 1. The quantitative estimate of drug-likeness (QED) is 0.882. The lowest BCUT2D eigenvalue weighted by Crippen LogP contribution is -2.46. The normalized spacial score (nSPS) is 22.4. The van der Waals surface area contributed by atoms with Crippen LogP contribution in [0, 0.1) is 0 Å². The topological polar surface area (TPSA) is 65.5 Å². The van der Waals surface area contributed by atoms with Gasteiger partial charge in [0.1, 0.15) is 5.82 Å². The number of aliphatic hydroxyl groups is 1. The fourth-order valence-corrected chi connectivity index (χ4v) is 2.70. The molecule has 0 radical (unpaired) electrons. The maximum atomic E-state index is 12.4. The lowest BCUT2D eigenvalue weighted by Gasteiger charge is -2.35. The summed E-state index contributed by atoms with van der Waals surface area (Å²) in [5.41, 5.74) is 0.562. The third kappa shape index (κ3) is 3.28. The van der Waals surface area contributed by atoms with E-state index in [1.54, 1.807) is 24.2 Å². The lowest BCUT2D eigenvalue weighted by atomic mass is 9.91. The second-order valence-corrected chi connectivity index (χ2v) is 5.30. The highest BCUT2D eigenvalue weighted by Gasteiger charge is 2.29. The highest BCUT2D eigenvalue weighted by Crippen LogP contribution is 2.23. The van der Waals surface area contributed by atoms with E-state index in [2.05, 4.69) is 10.3 Å². The van der Waals surface area contributed by atoms with Gasteiger partial charge >= 0.3 is 0 Å². The maximum Gasteiger partial charge on any atom is 0.255 e. The van der Waals surface area contributed by atoms with Crippen LogP contribution in [0.1, 0.15) is 43.0 Å². The van der Waals surface area contributed by atoms with Crippen LogP contribution in [0.2, 0.25) is 0 Å². The molecule has 0 aliphatic heterocycles. The van der Waals surface area contributed by atoms with Crippen LogP contribution in [0.5, 0.6) is 0 Å². The first-order valence-electron chi connectivity index (χ1n) is 7.28. The highest BCUT2D eigenvalue weighted by atomic mass is 16.3. The van der Waals surface area contributed by atoms with Crippen molar-refractivity contribution in [2.45, 2.75) is 44.8 Å². The molecule has 1 fully saturated rings. The van der Waals surface area contributed by atoms with Gasteiger partial charge in [0, 0.05) is 19.8 Å². The summed E-state index contributed by atoms with van der Waals surface area (Å²) in [4.78, 5) is 18.3. The zero-order valence-corrected chi connectivity index (χ0v) is 12.2. The molecule has 20 heavy (non-hydrogen) atoms. The van der Waals surface area contributed by atoms with E-state index in [4.69, 9.17) is 0 Å². The summed E-state index contributed by atoms with van der Waals surface area (Å²) in [6.45, 7) is 2.80. The van der Waals surface area contributed by atoms with Gasteiger partial charge in [-0.2, -0.15) is 0 Å². The number of rotatable bonds is 4. The Morgan fingerprint density at radius 1 is 1.45 bits per heavy atom. The Labute approximate surface area is 120 Å². The van der Waals surface area contributed by atoms with Crippen LogP contribution in [0.25, 0.3) is 0 Å². The minimum Gasteiger partial charge on any atom is -0.391 e. The van der Waals surface area contributed by atoms with E-state index >= 15 is 0 Å². The maximum absolute atomic E-state index is 12.4. The highest BCUT2D eigenvalue weighted by molar-refractivity contribution is 5.94. The average molecular weight is 277 g/mol. The molecule has 2 N–H and O–H groups in total. The van der Waals surface area contributed by atoms with Gasteiger partial charge in [-0.25, -0.2) is 4.98 Å². The van der Waals surface area contributed by atoms with E-state index < -0.39 is 6.10 Å². The van der Waals surface area contributed by atoms with Gasteiger partial charge in [-0.1, -0.05) is 12.8 Å². The summed E-state index contributed by atoms with van der Waals surface area (Å²) in [5, 5.41) is 13.1. The predicted molar refractivity (Wildman–Crippen MR) is 78.8 cm³/mol. The second-order valence-electron chi connectivity index (χ2n) is 5.30. The van der Waals surface area contributed by atoms with Crippen molar-refractivity contribution in [2.75, 3.05) is 18.9 Å². The van der Waals surface area contributed by atoms with Crippen LogP contribution in [-0.4, -0.2) is 46.6 Å². The molecule has 2 rings (SSSR count). The molecule has 1 aliphatic rings. The summed E-state index contributed by atoms with van der Waals surface area (Å²) in [6.07, 6.45) is 4.93. The Morgan fingerprint density at radius 2 is 2.20 bits per heavy atom. The number of hydrogen-bond donors (Lipinski definition) is 2. The van der Waals surface area contributed by atoms with E-state index in [0.29, 0.717) is 5.56 Å². The molecule has 2 atom stereocenters. The van der Waals surface area contributed by atoms with Gasteiger partial charge in [-0.15, -0.1) is 0 Å². The molecule has 0 spiro atoms. The van der Waals surface area contributed by atoms with Crippen LogP contribution >= 0.6 is 0 Å². The zero-order chi connectivity index (χ0) is 14.5. The molecule has 1 aromatic rings. The summed E-state index contributed by atoms with van der Waals surface area (Å²) in [6, 6.07) is 3.51. The van der Waals surface area contributed by atoms with Crippen molar-refractivity contribution in [1.82, 2.24) is 9.88 Å². The first-order chi connectivity index (χ1) is 9.63. The summed E-state index contributed by atoms with van der Waals surface area (Å²) in [5.74, 6) is 0.691. The van der Waals surface area contributed by atoms with Crippen molar-refractivity contribution in [2.24, 2.45) is 0 Å². The molecule has 110 valence electrons. The number of pyridine rings is 1. The summed E-state index contributed by atoms with van der Waals surface area (Å²) >= 11 is 0. The molecule has 1 aliphatic carbocycles. The number of hydrogen-bond acceptors (Lipinski definition) is 4. The zero-order valence-electron chi connectivity index (χ0n) is 12.2. The molecule has 1 saturated carbocycles. The molecule has 1 amide bonds. The van der Waals surface area contributed by atoms with E-state index in [0.717, 1.165) is 38.0 Å². The molecule has 1 aromatic heterocycles. The number of nitrogens with one attached hydrogen (secondary N) is 1. The Balaban J connectivity index is 2.05. The molecular formula is C15H23N3O2. The van der Waals surface area contributed by atoms with Gasteiger partial charge in [-0.05, 0) is 31.9 Å². The van der Waals surface area contributed by atoms with Gasteiger partial charge in [0.2, 0.25) is 0 Å². The van der Waals surface area contributed by atoms with Gasteiger partial charge in [0.15, 0.2) is 0 Å². The number of aromatic nitrogens is 1. The van der Waals surface area contributed by atoms with E-state index in [-0.39, 0.29) is 11.9 Å². The molecule has 5 heteroatoms. The smallest absolute Gasteiger partial charge is 0.255 e. The van der Waals surface area contributed by atoms with Gasteiger partial charge in [0.25, 0.3) is 5.91 Å². The molecule has 0 bridgehead atoms. The lowest BCUT2D eigenvalue weighted by molar-refractivity contribution is 0.0268. The third-order valence-corrected chi connectivity index (χ3v) is 3.88. The minimum absolute atomic E-state index is 0.0773. The number of carbonyl (C=O) groups is 1. The Bertz CT molecular complexity index is 447. The molecule has 1 heterocycles. The number of aliphatic hydroxyl groups excluding tert-OH is 1. The Kier molecular flexibility index (Phi) is 4.95. The molecule has 0 saturated heterocycles. The van der Waals surface area contributed by atoms with Crippen molar-refractivity contribution >= 4 is 11.7 Å². The largest absolute Gasteiger partial charge is 0.391 e. The number of carbonyl (C=O) groups excluding carboxylic acids is 1. The second kappa shape index (κ2) is 6.70. The van der Waals surface area contributed by atoms with Crippen LogP contribution in [0.15, 0.2) is 18.3 Å². The minimum atomic E-state index is -0.410. The van der Waals surface area contributed by atoms with Gasteiger partial charge < -0.3 is 15.3 Å². The number of likely N-dealkylation sites (N-methyl/N-ethyl adjacent to an activating group) is 1. The Hall–Kier alpha value is -1.62. The molecule has 2 unspecified atom stereocenters. The van der Waals surface area contributed by atoms with Crippen molar-refractivity contribution < 1.29 is 9.90 Å². The molecular weight excluding hydrogens is 254 g/mol. The van der Waals surface area contributed by atoms with Gasteiger partial charge in [-0.3, -0.25) is 4.79 Å². The Morgan fingerprint density at radius 3 is 2.80 bits per heavy atom. The van der Waals surface area contributed by atoms with Crippen LogP contribution < -0.4 is 5.32 Å². The monoisotopic (exact) mass is 277 g/mol. The number of amides is 1. The fraction of sp³-hybridized carbons (Fsp3) is 0.600. The van der Waals surface area contributed by atoms with E-state index in [1.807, 2.05) is 13.0 Å². The third-order valence-electron chi connectivity index (χ3n) is 3.88. The fourth-order valence-electron chi connectivity index (χ4n) is 2.70. The first kappa shape index (κ1) is 14.8.